The van der Waals surface area contributed by atoms with E-state index in [1.54, 1.807) is 19.1 Å². The zero-order chi connectivity index (χ0) is 16.1. The fourth-order valence-corrected chi connectivity index (χ4v) is 1.86. The number of nitrogens with one attached hydrogen (secondary N) is 1. The third kappa shape index (κ3) is 4.02. The van der Waals surface area contributed by atoms with Gasteiger partial charge in [-0.15, -0.1) is 0 Å². The first-order valence-corrected chi connectivity index (χ1v) is 6.57. The Labute approximate surface area is 127 Å². The van der Waals surface area contributed by atoms with E-state index >= 15 is 0 Å². The number of hydrogen-bond acceptors (Lipinski definition) is 5. The van der Waals surface area contributed by atoms with Crippen LogP contribution >= 0.6 is 0 Å². The predicted octanol–water partition coefficient (Wildman–Crippen LogP) is 2.62. The molecule has 1 aromatic carbocycles. The first-order chi connectivity index (χ1) is 10.5. The van der Waals surface area contributed by atoms with Gasteiger partial charge in [-0.1, -0.05) is 6.07 Å². The molecule has 1 amide bonds. The quantitative estimate of drug-likeness (QED) is 0.676. The Morgan fingerprint density at radius 1 is 1.32 bits per heavy atom. The van der Waals surface area contributed by atoms with Gasteiger partial charge in [0.05, 0.1) is 4.92 Å². The molecule has 7 nitrogen and oxygen atoms in total. The minimum atomic E-state index is -0.463. The van der Waals surface area contributed by atoms with Crippen LogP contribution in [0.2, 0.25) is 0 Å². The first kappa shape index (κ1) is 15.4. The van der Waals surface area contributed by atoms with E-state index in [1.165, 1.54) is 18.2 Å². The maximum absolute atomic E-state index is 11.8. The Balaban J connectivity index is 1.94. The average molecular weight is 301 g/mol. The van der Waals surface area contributed by atoms with E-state index in [0.717, 1.165) is 5.69 Å². The first-order valence-electron chi connectivity index (χ1n) is 6.57. The average Bonchev–Trinajstić information content (AvgIpc) is 2.45. The maximum atomic E-state index is 11.8. The molecule has 1 aromatic heterocycles. The van der Waals surface area contributed by atoms with Gasteiger partial charge >= 0.3 is 0 Å². The highest BCUT2D eigenvalue weighted by Crippen LogP contribution is 2.22. The molecule has 0 unspecified atom stereocenters. The number of aryl methyl sites for hydroxylation is 2. The van der Waals surface area contributed by atoms with Gasteiger partial charge in [0.25, 0.3) is 11.6 Å². The van der Waals surface area contributed by atoms with Crippen molar-refractivity contribution in [2.75, 3.05) is 11.9 Å². The van der Waals surface area contributed by atoms with Gasteiger partial charge in [0.2, 0.25) is 0 Å². The number of pyridine rings is 1. The number of aromatic nitrogens is 1. The molecule has 0 aliphatic carbocycles. The number of amides is 1. The molecule has 22 heavy (non-hydrogen) atoms. The lowest BCUT2D eigenvalue weighted by Gasteiger charge is -2.08. The third-order valence-electron chi connectivity index (χ3n) is 2.89. The summed E-state index contributed by atoms with van der Waals surface area (Å²) in [6.07, 6.45) is 0. The number of ether oxygens (including phenoxy) is 1. The van der Waals surface area contributed by atoms with E-state index in [9.17, 15) is 14.9 Å². The van der Waals surface area contributed by atoms with Gasteiger partial charge in [0.15, 0.2) is 6.61 Å². The Morgan fingerprint density at radius 3 is 2.73 bits per heavy atom. The summed E-state index contributed by atoms with van der Waals surface area (Å²) in [4.78, 5) is 26.2. The van der Waals surface area contributed by atoms with Crippen LogP contribution in [0.1, 0.15) is 11.3 Å². The van der Waals surface area contributed by atoms with Gasteiger partial charge in [0, 0.05) is 17.3 Å². The van der Waals surface area contributed by atoms with Crippen molar-refractivity contribution in [3.8, 4) is 5.75 Å². The number of rotatable bonds is 5. The van der Waals surface area contributed by atoms with Gasteiger partial charge in [-0.05, 0) is 38.1 Å². The summed E-state index contributed by atoms with van der Waals surface area (Å²) < 4.78 is 5.32. The number of nitrogens with zero attached hydrogens (tertiary/aromatic N) is 2. The smallest absolute Gasteiger partial charge is 0.272 e. The predicted molar refractivity (Wildman–Crippen MR) is 80.9 cm³/mol. The molecule has 1 heterocycles. The van der Waals surface area contributed by atoms with Crippen molar-refractivity contribution >= 4 is 17.4 Å². The molecule has 2 aromatic rings. The second-order valence-electron chi connectivity index (χ2n) is 4.71. The number of nitro groups is 1. The fraction of sp³-hybridized carbons (Fsp3) is 0.200. The van der Waals surface area contributed by atoms with Crippen LogP contribution < -0.4 is 10.1 Å². The molecule has 1 N–H and O–H groups in total. The van der Waals surface area contributed by atoms with Crippen LogP contribution in [0.25, 0.3) is 0 Å². The highest BCUT2D eigenvalue weighted by molar-refractivity contribution is 5.90. The summed E-state index contributed by atoms with van der Waals surface area (Å²) in [5, 5.41) is 13.3. The summed E-state index contributed by atoms with van der Waals surface area (Å²) in [6, 6.07) is 9.63. The van der Waals surface area contributed by atoms with Crippen LogP contribution in [0.4, 0.5) is 11.5 Å². The van der Waals surface area contributed by atoms with E-state index in [2.05, 4.69) is 10.3 Å². The molecule has 0 saturated carbocycles. The zero-order valence-corrected chi connectivity index (χ0v) is 12.2. The molecule has 0 saturated heterocycles. The number of hydrogen-bond donors (Lipinski definition) is 1. The van der Waals surface area contributed by atoms with Gasteiger partial charge in [-0.3, -0.25) is 14.9 Å². The molecular weight excluding hydrogens is 286 g/mol. The highest BCUT2D eigenvalue weighted by atomic mass is 16.6. The molecule has 0 fully saturated rings. The van der Waals surface area contributed by atoms with E-state index in [-0.39, 0.29) is 18.2 Å². The Morgan fingerprint density at radius 2 is 2.09 bits per heavy atom. The zero-order valence-electron chi connectivity index (χ0n) is 12.2. The summed E-state index contributed by atoms with van der Waals surface area (Å²) in [5.41, 5.74) is 1.29. The van der Waals surface area contributed by atoms with Crippen LogP contribution in [0, 0.1) is 24.0 Å². The summed E-state index contributed by atoms with van der Waals surface area (Å²) in [6.45, 7) is 3.24. The third-order valence-corrected chi connectivity index (χ3v) is 2.89. The van der Waals surface area contributed by atoms with Crippen molar-refractivity contribution in [2.24, 2.45) is 0 Å². The molecule has 2 rings (SSSR count). The number of benzene rings is 1. The second-order valence-corrected chi connectivity index (χ2v) is 4.71. The lowest BCUT2D eigenvalue weighted by atomic mass is 10.2. The highest BCUT2D eigenvalue weighted by Gasteiger charge is 2.11. The van der Waals surface area contributed by atoms with Crippen molar-refractivity contribution in [3.05, 3.63) is 57.8 Å². The molecule has 0 atom stereocenters. The van der Waals surface area contributed by atoms with Gasteiger partial charge in [0.1, 0.15) is 11.6 Å². The van der Waals surface area contributed by atoms with E-state index in [1.807, 2.05) is 13.0 Å². The molecule has 114 valence electrons. The Bertz CT molecular complexity index is 716. The van der Waals surface area contributed by atoms with Crippen molar-refractivity contribution in [3.63, 3.8) is 0 Å². The van der Waals surface area contributed by atoms with Gasteiger partial charge < -0.3 is 10.1 Å². The summed E-state index contributed by atoms with van der Waals surface area (Å²) in [7, 11) is 0. The molecule has 7 heteroatoms. The summed E-state index contributed by atoms with van der Waals surface area (Å²) >= 11 is 0. The lowest BCUT2D eigenvalue weighted by Crippen LogP contribution is -2.20. The second kappa shape index (κ2) is 6.66. The van der Waals surface area contributed by atoms with Gasteiger partial charge in [-0.25, -0.2) is 4.98 Å². The standard InChI is InChI=1S/C15H15N3O4/c1-10-8-12(6-7-13(10)18(20)21)22-9-15(19)17-14-5-3-4-11(2)16-14/h3-8H,9H2,1-2H3,(H,16,17,19). The fourth-order valence-electron chi connectivity index (χ4n) is 1.86. The molecule has 0 aliphatic rings. The van der Waals surface area contributed by atoms with Crippen LogP contribution in [0.5, 0.6) is 5.75 Å². The van der Waals surface area contributed by atoms with Crippen LogP contribution in [0.15, 0.2) is 36.4 Å². The number of nitro benzene ring substituents is 1. The number of carbonyl (C=O) groups excluding carboxylic acids is 1. The number of anilines is 1. The van der Waals surface area contributed by atoms with Crippen LogP contribution in [-0.2, 0) is 4.79 Å². The maximum Gasteiger partial charge on any atom is 0.272 e. The SMILES string of the molecule is Cc1cccc(NC(=O)COc2ccc([N+](=O)[O-])c(C)c2)n1. The van der Waals surface area contributed by atoms with Crippen molar-refractivity contribution in [1.82, 2.24) is 4.98 Å². The lowest BCUT2D eigenvalue weighted by molar-refractivity contribution is -0.385. The molecule has 0 spiro atoms. The monoisotopic (exact) mass is 301 g/mol. The van der Waals surface area contributed by atoms with Crippen molar-refractivity contribution < 1.29 is 14.5 Å². The van der Waals surface area contributed by atoms with Crippen LogP contribution in [-0.4, -0.2) is 22.4 Å². The minimum absolute atomic E-state index is 0.0146. The largest absolute Gasteiger partial charge is 0.484 e. The van der Waals surface area contributed by atoms with E-state index < -0.39 is 4.92 Å². The minimum Gasteiger partial charge on any atom is -0.484 e. The van der Waals surface area contributed by atoms with Crippen molar-refractivity contribution in [2.45, 2.75) is 13.8 Å². The van der Waals surface area contributed by atoms with E-state index in [0.29, 0.717) is 17.1 Å². The normalized spacial score (nSPS) is 10.1. The molecule has 0 radical (unpaired) electrons. The van der Waals surface area contributed by atoms with Crippen molar-refractivity contribution in [1.29, 1.82) is 0 Å². The van der Waals surface area contributed by atoms with E-state index in [4.69, 9.17) is 4.74 Å². The van der Waals surface area contributed by atoms with Crippen LogP contribution in [0.3, 0.4) is 0 Å². The molecule has 0 aliphatic heterocycles. The summed E-state index contributed by atoms with van der Waals surface area (Å²) in [5.74, 6) is 0.498. The topological polar surface area (TPSA) is 94.4 Å². The Kier molecular flexibility index (Phi) is 4.67. The Hall–Kier alpha value is -2.96. The van der Waals surface area contributed by atoms with Gasteiger partial charge in [-0.2, -0.15) is 0 Å². The number of carbonyl (C=O) groups is 1. The molecular formula is C15H15N3O4. The molecule has 0 bridgehead atoms.